The molecule has 3 aromatic heterocycles. The second-order valence-electron chi connectivity index (χ2n) is 6.78. The third kappa shape index (κ3) is 3.97. The number of nitrogens with one attached hydrogen (secondary N) is 2. The summed E-state index contributed by atoms with van der Waals surface area (Å²) in [6, 6.07) is 11.1. The summed E-state index contributed by atoms with van der Waals surface area (Å²) in [7, 11) is 2.92. The number of anilines is 2. The molecule has 3 heterocycles. The summed E-state index contributed by atoms with van der Waals surface area (Å²) in [4.78, 5) is 29.4. The second kappa shape index (κ2) is 8.31. The Morgan fingerprint density at radius 2 is 2.06 bits per heavy atom. The Bertz CT molecular complexity index is 1260. The van der Waals surface area contributed by atoms with Crippen molar-refractivity contribution in [3.8, 4) is 0 Å². The second-order valence-corrected chi connectivity index (χ2v) is 6.78. The van der Waals surface area contributed by atoms with Crippen LogP contribution in [0.2, 0.25) is 0 Å². The standard InChI is InChI=1S/C22H19FN4O4/c1-27-19(22(29)30-2)18(26-21(28)17-7-4-8-31-17)16-10-15(12-25-20(16)27)24-11-13-5-3-6-14(23)9-13/h3-10,12,24H,11H2,1-2H3,(H,26,28). The van der Waals surface area contributed by atoms with Crippen LogP contribution in [0.25, 0.3) is 11.0 Å². The van der Waals surface area contributed by atoms with E-state index in [-0.39, 0.29) is 23.0 Å². The SMILES string of the molecule is COC(=O)c1c(NC(=O)c2ccco2)c2cc(NCc3cccc(F)c3)cnc2n1C. The monoisotopic (exact) mass is 422 g/mol. The van der Waals surface area contributed by atoms with Crippen LogP contribution in [0, 0.1) is 5.82 Å². The minimum Gasteiger partial charge on any atom is -0.464 e. The van der Waals surface area contributed by atoms with Crippen LogP contribution in [-0.2, 0) is 18.3 Å². The van der Waals surface area contributed by atoms with E-state index in [1.807, 2.05) is 0 Å². The molecule has 0 saturated carbocycles. The van der Waals surface area contributed by atoms with E-state index in [1.54, 1.807) is 42.1 Å². The molecule has 0 saturated heterocycles. The molecule has 0 spiro atoms. The van der Waals surface area contributed by atoms with Crippen LogP contribution >= 0.6 is 0 Å². The molecule has 0 aliphatic carbocycles. The predicted molar refractivity (Wildman–Crippen MR) is 112 cm³/mol. The van der Waals surface area contributed by atoms with Crippen molar-refractivity contribution in [1.29, 1.82) is 0 Å². The van der Waals surface area contributed by atoms with Gasteiger partial charge in [-0.05, 0) is 35.9 Å². The molecule has 4 aromatic rings. The lowest BCUT2D eigenvalue weighted by molar-refractivity contribution is 0.0591. The van der Waals surface area contributed by atoms with Crippen molar-refractivity contribution in [2.24, 2.45) is 7.05 Å². The van der Waals surface area contributed by atoms with E-state index in [2.05, 4.69) is 15.6 Å². The highest BCUT2D eigenvalue weighted by molar-refractivity contribution is 6.14. The predicted octanol–water partition coefficient (Wildman–Crippen LogP) is 3.96. The van der Waals surface area contributed by atoms with Crippen LogP contribution in [-0.4, -0.2) is 28.5 Å². The topological polar surface area (TPSA) is 98.4 Å². The molecule has 9 heteroatoms. The van der Waals surface area contributed by atoms with Crippen LogP contribution in [0.1, 0.15) is 26.6 Å². The van der Waals surface area contributed by atoms with Gasteiger partial charge in [-0.25, -0.2) is 14.2 Å². The molecule has 1 aromatic carbocycles. The summed E-state index contributed by atoms with van der Waals surface area (Å²) in [5.41, 5.74) is 2.27. The van der Waals surface area contributed by atoms with E-state index in [4.69, 9.17) is 9.15 Å². The highest BCUT2D eigenvalue weighted by atomic mass is 19.1. The molecule has 158 valence electrons. The molecule has 0 aliphatic heterocycles. The fraction of sp³-hybridized carbons (Fsp3) is 0.136. The lowest BCUT2D eigenvalue weighted by Crippen LogP contribution is -2.16. The van der Waals surface area contributed by atoms with E-state index in [1.165, 1.54) is 31.6 Å². The number of benzene rings is 1. The molecule has 1 amide bonds. The number of amides is 1. The number of methoxy groups -OCH3 is 1. The number of esters is 1. The minimum atomic E-state index is -0.621. The van der Waals surface area contributed by atoms with Crippen molar-refractivity contribution < 1.29 is 23.1 Å². The zero-order valence-electron chi connectivity index (χ0n) is 16.8. The van der Waals surface area contributed by atoms with Crippen LogP contribution in [0.5, 0.6) is 0 Å². The number of fused-ring (bicyclic) bond motifs is 1. The summed E-state index contributed by atoms with van der Waals surface area (Å²) in [5, 5.41) is 6.44. The molecule has 0 atom stereocenters. The van der Waals surface area contributed by atoms with Gasteiger partial charge in [0.1, 0.15) is 11.5 Å². The number of halogens is 1. The van der Waals surface area contributed by atoms with Crippen LogP contribution in [0.15, 0.2) is 59.3 Å². The molecule has 0 unspecified atom stereocenters. The molecule has 0 bridgehead atoms. The van der Waals surface area contributed by atoms with Crippen molar-refractivity contribution in [1.82, 2.24) is 9.55 Å². The Morgan fingerprint density at radius 1 is 1.23 bits per heavy atom. The van der Waals surface area contributed by atoms with Gasteiger partial charge in [0.05, 0.1) is 30.9 Å². The number of ether oxygens (including phenoxy) is 1. The van der Waals surface area contributed by atoms with Crippen molar-refractivity contribution in [3.05, 3.63) is 77.8 Å². The van der Waals surface area contributed by atoms with Gasteiger partial charge in [-0.1, -0.05) is 12.1 Å². The van der Waals surface area contributed by atoms with Crippen LogP contribution in [0.4, 0.5) is 15.8 Å². The molecule has 31 heavy (non-hydrogen) atoms. The van der Waals surface area contributed by atoms with Gasteiger partial charge < -0.3 is 24.4 Å². The molecule has 2 N–H and O–H groups in total. The number of carbonyl (C=O) groups is 2. The molecule has 4 rings (SSSR count). The fourth-order valence-corrected chi connectivity index (χ4v) is 3.30. The van der Waals surface area contributed by atoms with Gasteiger partial charge in [0, 0.05) is 19.0 Å². The van der Waals surface area contributed by atoms with Crippen molar-refractivity contribution in [3.63, 3.8) is 0 Å². The molecule has 0 fully saturated rings. The summed E-state index contributed by atoms with van der Waals surface area (Å²) >= 11 is 0. The van der Waals surface area contributed by atoms with Gasteiger partial charge in [-0.2, -0.15) is 0 Å². The summed E-state index contributed by atoms with van der Waals surface area (Å²) in [6.07, 6.45) is 2.98. The number of nitrogens with zero attached hydrogens (tertiary/aromatic N) is 2. The Kier molecular flexibility index (Phi) is 5.40. The quantitative estimate of drug-likeness (QED) is 0.457. The first-order valence-electron chi connectivity index (χ1n) is 9.38. The van der Waals surface area contributed by atoms with Crippen molar-refractivity contribution >= 4 is 34.3 Å². The normalized spacial score (nSPS) is 10.8. The van der Waals surface area contributed by atoms with Gasteiger partial charge in [0.25, 0.3) is 5.91 Å². The maximum absolute atomic E-state index is 13.4. The van der Waals surface area contributed by atoms with Gasteiger partial charge in [0.15, 0.2) is 11.5 Å². The fourth-order valence-electron chi connectivity index (χ4n) is 3.30. The number of carbonyl (C=O) groups excluding carboxylic acids is 2. The zero-order chi connectivity index (χ0) is 22.0. The van der Waals surface area contributed by atoms with E-state index in [9.17, 15) is 14.0 Å². The smallest absolute Gasteiger partial charge is 0.356 e. The maximum Gasteiger partial charge on any atom is 0.356 e. The first-order valence-corrected chi connectivity index (χ1v) is 9.38. The van der Waals surface area contributed by atoms with E-state index < -0.39 is 11.9 Å². The zero-order valence-corrected chi connectivity index (χ0v) is 16.8. The van der Waals surface area contributed by atoms with Crippen LogP contribution in [0.3, 0.4) is 0 Å². The average molecular weight is 422 g/mol. The summed E-state index contributed by atoms with van der Waals surface area (Å²) in [5.74, 6) is -1.35. The molecule has 0 radical (unpaired) electrons. The first-order chi connectivity index (χ1) is 15.0. The molecular weight excluding hydrogens is 403 g/mol. The third-order valence-electron chi connectivity index (χ3n) is 4.77. The van der Waals surface area contributed by atoms with Crippen LogP contribution < -0.4 is 10.6 Å². The summed E-state index contributed by atoms with van der Waals surface area (Å²) < 4.78 is 25.0. The highest BCUT2D eigenvalue weighted by Crippen LogP contribution is 2.32. The Hall–Kier alpha value is -4.14. The average Bonchev–Trinajstić information content (AvgIpc) is 3.39. The Morgan fingerprint density at radius 3 is 2.77 bits per heavy atom. The minimum absolute atomic E-state index is 0.0983. The van der Waals surface area contributed by atoms with Crippen molar-refractivity contribution in [2.45, 2.75) is 6.54 Å². The molecular formula is C22H19FN4O4. The molecule has 0 aliphatic rings. The summed E-state index contributed by atoms with van der Waals surface area (Å²) in [6.45, 7) is 0.371. The lowest BCUT2D eigenvalue weighted by Gasteiger charge is -2.08. The van der Waals surface area contributed by atoms with E-state index in [0.29, 0.717) is 23.3 Å². The number of pyridine rings is 1. The number of aryl methyl sites for hydroxylation is 1. The maximum atomic E-state index is 13.4. The van der Waals surface area contributed by atoms with Gasteiger partial charge >= 0.3 is 5.97 Å². The Labute approximate surface area is 176 Å². The Balaban J connectivity index is 1.72. The first kappa shape index (κ1) is 20.1. The van der Waals surface area contributed by atoms with Gasteiger partial charge in [0.2, 0.25) is 0 Å². The number of hydrogen-bond donors (Lipinski definition) is 2. The lowest BCUT2D eigenvalue weighted by atomic mass is 10.2. The van der Waals surface area contributed by atoms with Crippen molar-refractivity contribution in [2.75, 3.05) is 17.7 Å². The van der Waals surface area contributed by atoms with Gasteiger partial charge in [-0.15, -0.1) is 0 Å². The van der Waals surface area contributed by atoms with E-state index >= 15 is 0 Å². The third-order valence-corrected chi connectivity index (χ3v) is 4.77. The molecule has 8 nitrogen and oxygen atoms in total. The number of furan rings is 1. The van der Waals surface area contributed by atoms with E-state index in [0.717, 1.165) is 5.56 Å². The number of hydrogen-bond acceptors (Lipinski definition) is 6. The number of rotatable bonds is 6. The van der Waals surface area contributed by atoms with Gasteiger partial charge in [-0.3, -0.25) is 4.79 Å². The largest absolute Gasteiger partial charge is 0.464 e. The highest BCUT2D eigenvalue weighted by Gasteiger charge is 2.25. The number of aromatic nitrogens is 2.